The lowest BCUT2D eigenvalue weighted by Gasteiger charge is -2.33. The van der Waals surface area contributed by atoms with Crippen LogP contribution in [-0.4, -0.2) is 40.2 Å². The predicted molar refractivity (Wildman–Crippen MR) is 63.1 cm³/mol. The molecule has 0 bridgehead atoms. The number of hydrogen-bond acceptors (Lipinski definition) is 4. The lowest BCUT2D eigenvalue weighted by atomic mass is 10.0. The largest absolute Gasteiger partial charge is 0.433 e. The second-order valence-corrected chi connectivity index (χ2v) is 4.80. The number of alkyl halides is 3. The first kappa shape index (κ1) is 14.2. The van der Waals surface area contributed by atoms with Gasteiger partial charge in [-0.25, -0.2) is 0 Å². The number of piperidine rings is 1. The van der Waals surface area contributed by atoms with Crippen molar-refractivity contribution >= 4 is 0 Å². The van der Waals surface area contributed by atoms with Crippen LogP contribution < -0.4 is 5.73 Å². The molecular formula is C12H16F3N3O. The molecule has 2 heterocycles. The fraction of sp³-hybridized carbons (Fsp3) is 0.583. The molecule has 2 atom stereocenters. The van der Waals surface area contributed by atoms with Crippen LogP contribution in [0.15, 0.2) is 18.3 Å². The number of rotatable bonds is 2. The van der Waals surface area contributed by atoms with Crippen LogP contribution in [0.25, 0.3) is 0 Å². The summed E-state index contributed by atoms with van der Waals surface area (Å²) in [5.74, 6) is 0. The molecule has 3 N–H and O–H groups in total. The molecule has 1 aliphatic heterocycles. The van der Waals surface area contributed by atoms with Gasteiger partial charge < -0.3 is 10.8 Å². The molecule has 1 aromatic heterocycles. The lowest BCUT2D eigenvalue weighted by molar-refractivity contribution is -0.141. The molecule has 0 saturated carbocycles. The van der Waals surface area contributed by atoms with Crippen molar-refractivity contribution in [1.29, 1.82) is 0 Å². The number of likely N-dealkylation sites (tertiary alicyclic amines) is 1. The van der Waals surface area contributed by atoms with Crippen molar-refractivity contribution in [3.8, 4) is 0 Å². The number of halogens is 3. The molecule has 2 unspecified atom stereocenters. The predicted octanol–water partition coefficient (Wildman–Crippen LogP) is 0.994. The van der Waals surface area contributed by atoms with Crippen molar-refractivity contribution in [3.05, 3.63) is 29.6 Å². The van der Waals surface area contributed by atoms with Crippen LogP contribution in [0, 0.1) is 0 Å². The molecule has 2 rings (SSSR count). The van der Waals surface area contributed by atoms with Crippen molar-refractivity contribution in [2.24, 2.45) is 5.73 Å². The molecule has 1 aliphatic rings. The van der Waals surface area contributed by atoms with Crippen LogP contribution in [0.4, 0.5) is 13.2 Å². The molecule has 19 heavy (non-hydrogen) atoms. The molecular weight excluding hydrogens is 259 g/mol. The number of aromatic nitrogens is 1. The zero-order valence-electron chi connectivity index (χ0n) is 10.3. The molecule has 1 aromatic rings. The van der Waals surface area contributed by atoms with E-state index in [2.05, 4.69) is 4.98 Å². The highest BCUT2D eigenvalue weighted by molar-refractivity contribution is 5.16. The Labute approximate surface area is 109 Å². The first-order valence-corrected chi connectivity index (χ1v) is 6.04. The third kappa shape index (κ3) is 3.65. The number of aliphatic hydroxyl groups excluding tert-OH is 1. The summed E-state index contributed by atoms with van der Waals surface area (Å²) >= 11 is 0. The second-order valence-electron chi connectivity index (χ2n) is 4.80. The molecule has 106 valence electrons. The van der Waals surface area contributed by atoms with Crippen LogP contribution in [-0.2, 0) is 12.7 Å². The van der Waals surface area contributed by atoms with Gasteiger partial charge in [-0.15, -0.1) is 0 Å². The van der Waals surface area contributed by atoms with Crippen LogP contribution >= 0.6 is 0 Å². The summed E-state index contributed by atoms with van der Waals surface area (Å²) in [6.45, 7) is 1.62. The van der Waals surface area contributed by atoms with E-state index in [-0.39, 0.29) is 6.04 Å². The number of β-amino-alcohol motifs (C(OH)–C–C–N with tert-alkyl or cyclic N) is 1. The van der Waals surface area contributed by atoms with E-state index < -0.39 is 18.0 Å². The Kier molecular flexibility index (Phi) is 4.07. The van der Waals surface area contributed by atoms with E-state index >= 15 is 0 Å². The summed E-state index contributed by atoms with van der Waals surface area (Å²) in [4.78, 5) is 5.37. The number of hydrogen-bond donors (Lipinski definition) is 2. The zero-order valence-corrected chi connectivity index (χ0v) is 10.3. The highest BCUT2D eigenvalue weighted by Crippen LogP contribution is 2.27. The highest BCUT2D eigenvalue weighted by atomic mass is 19.4. The van der Waals surface area contributed by atoms with Crippen LogP contribution in [0.1, 0.15) is 17.7 Å². The quantitative estimate of drug-likeness (QED) is 0.845. The third-order valence-corrected chi connectivity index (χ3v) is 3.24. The normalized spacial score (nSPS) is 25.5. The SMILES string of the molecule is NC1CCN(Cc2ccc(C(F)(F)F)nc2)CC1O. The van der Waals surface area contributed by atoms with Crippen LogP contribution in [0.2, 0.25) is 0 Å². The summed E-state index contributed by atoms with van der Waals surface area (Å²) in [5, 5.41) is 9.65. The first-order chi connectivity index (χ1) is 8.86. The molecule has 0 amide bonds. The van der Waals surface area contributed by atoms with E-state index in [4.69, 9.17) is 5.73 Å². The minimum absolute atomic E-state index is 0.220. The molecule has 7 heteroatoms. The van der Waals surface area contributed by atoms with Crippen LogP contribution in [0.5, 0.6) is 0 Å². The minimum atomic E-state index is -4.41. The maximum Gasteiger partial charge on any atom is 0.433 e. The van der Waals surface area contributed by atoms with E-state index in [9.17, 15) is 18.3 Å². The summed E-state index contributed by atoms with van der Waals surface area (Å²) in [6, 6.07) is 2.17. The van der Waals surface area contributed by atoms with Gasteiger partial charge in [-0.1, -0.05) is 6.07 Å². The Balaban J connectivity index is 1.97. The van der Waals surface area contributed by atoms with Gasteiger partial charge in [0, 0.05) is 31.9 Å². The molecule has 0 aliphatic carbocycles. The number of pyridine rings is 1. The van der Waals surface area contributed by atoms with Gasteiger partial charge in [-0.2, -0.15) is 13.2 Å². The van der Waals surface area contributed by atoms with Crippen molar-refractivity contribution in [2.45, 2.75) is 31.3 Å². The van der Waals surface area contributed by atoms with Gasteiger partial charge in [0.2, 0.25) is 0 Å². The summed E-state index contributed by atoms with van der Waals surface area (Å²) in [7, 11) is 0. The Bertz CT molecular complexity index is 421. The maximum absolute atomic E-state index is 12.4. The standard InChI is InChI=1S/C12H16F3N3O/c13-12(14,15)11-2-1-8(5-17-11)6-18-4-3-9(16)10(19)7-18/h1-2,5,9-10,19H,3-4,6-7,16H2. The van der Waals surface area contributed by atoms with Crippen molar-refractivity contribution in [2.75, 3.05) is 13.1 Å². The van der Waals surface area contributed by atoms with Gasteiger partial charge in [-0.05, 0) is 18.1 Å². The van der Waals surface area contributed by atoms with E-state index in [1.165, 1.54) is 12.3 Å². The lowest BCUT2D eigenvalue weighted by Crippen LogP contribution is -2.50. The molecule has 1 saturated heterocycles. The number of aliphatic hydroxyl groups is 1. The molecule has 0 aromatic carbocycles. The van der Waals surface area contributed by atoms with Gasteiger partial charge in [-0.3, -0.25) is 9.88 Å². The molecule has 0 spiro atoms. The maximum atomic E-state index is 12.4. The van der Waals surface area contributed by atoms with Crippen molar-refractivity contribution in [1.82, 2.24) is 9.88 Å². The van der Waals surface area contributed by atoms with E-state index in [0.717, 1.165) is 12.6 Å². The summed E-state index contributed by atoms with van der Waals surface area (Å²) < 4.78 is 37.1. The van der Waals surface area contributed by atoms with E-state index in [1.807, 2.05) is 4.90 Å². The van der Waals surface area contributed by atoms with Crippen molar-refractivity contribution in [3.63, 3.8) is 0 Å². The average molecular weight is 275 g/mol. The van der Waals surface area contributed by atoms with Crippen LogP contribution in [0.3, 0.4) is 0 Å². The van der Waals surface area contributed by atoms with Gasteiger partial charge in [0.15, 0.2) is 0 Å². The first-order valence-electron chi connectivity index (χ1n) is 6.04. The summed E-state index contributed by atoms with van der Waals surface area (Å²) in [5.41, 5.74) is 5.49. The Morgan fingerprint density at radius 1 is 1.42 bits per heavy atom. The molecule has 1 fully saturated rings. The van der Waals surface area contributed by atoms with Gasteiger partial charge in [0.25, 0.3) is 0 Å². The third-order valence-electron chi connectivity index (χ3n) is 3.24. The van der Waals surface area contributed by atoms with E-state index in [1.54, 1.807) is 0 Å². The zero-order chi connectivity index (χ0) is 14.0. The monoisotopic (exact) mass is 275 g/mol. The Morgan fingerprint density at radius 3 is 2.68 bits per heavy atom. The van der Waals surface area contributed by atoms with Crippen molar-refractivity contribution < 1.29 is 18.3 Å². The minimum Gasteiger partial charge on any atom is -0.390 e. The van der Waals surface area contributed by atoms with Gasteiger partial charge in [0.05, 0.1) is 6.10 Å². The number of nitrogens with zero attached hydrogens (tertiary/aromatic N) is 2. The van der Waals surface area contributed by atoms with Gasteiger partial charge in [0.1, 0.15) is 5.69 Å². The Morgan fingerprint density at radius 2 is 2.16 bits per heavy atom. The fourth-order valence-corrected chi connectivity index (χ4v) is 2.10. The number of nitrogens with two attached hydrogens (primary N) is 1. The highest BCUT2D eigenvalue weighted by Gasteiger charge is 2.32. The Hall–Kier alpha value is -1.18. The second kappa shape index (κ2) is 5.44. The topological polar surface area (TPSA) is 62.4 Å². The van der Waals surface area contributed by atoms with E-state index in [0.29, 0.717) is 25.1 Å². The molecule has 4 nitrogen and oxygen atoms in total. The average Bonchev–Trinajstić information content (AvgIpc) is 2.33. The summed E-state index contributed by atoms with van der Waals surface area (Å²) in [6.07, 6.45) is -3.10. The van der Waals surface area contributed by atoms with Gasteiger partial charge >= 0.3 is 6.18 Å². The molecule has 0 radical (unpaired) electrons. The smallest absolute Gasteiger partial charge is 0.390 e. The fourth-order valence-electron chi connectivity index (χ4n) is 2.10.